The number of hydrogen-bond acceptors (Lipinski definition) is 2. The van der Waals surface area contributed by atoms with Crippen molar-refractivity contribution in [3.05, 3.63) is 65.2 Å². The van der Waals surface area contributed by atoms with Crippen LogP contribution in [0, 0.1) is 23.0 Å². The van der Waals surface area contributed by atoms with E-state index in [0.717, 1.165) is 12.1 Å². The number of carbonyl (C=O) groups is 1. The Morgan fingerprint density at radius 3 is 2.38 bits per heavy atom. The van der Waals surface area contributed by atoms with Crippen LogP contribution >= 0.6 is 0 Å². The number of anilines is 1. The first-order chi connectivity index (χ1) is 10.0. The van der Waals surface area contributed by atoms with E-state index in [4.69, 9.17) is 5.26 Å². The molecule has 0 aromatic heterocycles. The molecule has 21 heavy (non-hydrogen) atoms. The number of benzene rings is 2. The van der Waals surface area contributed by atoms with E-state index in [0.29, 0.717) is 11.3 Å². The number of para-hydroxylation sites is 1. The van der Waals surface area contributed by atoms with Gasteiger partial charge in [-0.15, -0.1) is 0 Å². The highest BCUT2D eigenvalue weighted by Crippen LogP contribution is 2.20. The van der Waals surface area contributed by atoms with Crippen LogP contribution in [0.1, 0.15) is 11.1 Å². The smallest absolute Gasteiger partial charge is 0.231 e. The van der Waals surface area contributed by atoms with Gasteiger partial charge >= 0.3 is 0 Å². The van der Waals surface area contributed by atoms with Gasteiger partial charge in [-0.1, -0.05) is 18.2 Å². The molecule has 0 saturated carbocycles. The van der Waals surface area contributed by atoms with Gasteiger partial charge in [0, 0.05) is 12.6 Å². The number of rotatable bonds is 3. The van der Waals surface area contributed by atoms with E-state index in [1.165, 1.54) is 18.0 Å². The van der Waals surface area contributed by atoms with Crippen molar-refractivity contribution in [3.63, 3.8) is 0 Å². The van der Waals surface area contributed by atoms with Crippen LogP contribution in [0.25, 0.3) is 0 Å². The van der Waals surface area contributed by atoms with Crippen LogP contribution in [0.3, 0.4) is 0 Å². The van der Waals surface area contributed by atoms with Gasteiger partial charge in [0.05, 0.1) is 17.7 Å². The van der Waals surface area contributed by atoms with E-state index in [1.807, 2.05) is 6.07 Å². The average Bonchev–Trinajstić information content (AvgIpc) is 2.50. The Morgan fingerprint density at radius 1 is 1.14 bits per heavy atom. The summed E-state index contributed by atoms with van der Waals surface area (Å²) in [7, 11) is 1.47. The van der Waals surface area contributed by atoms with Gasteiger partial charge in [-0.25, -0.2) is 8.78 Å². The molecule has 0 N–H and O–H groups in total. The highest BCUT2D eigenvalue weighted by Gasteiger charge is 2.18. The molecule has 5 heteroatoms. The Labute approximate surface area is 121 Å². The number of likely N-dealkylation sites (N-methyl/N-ethyl adjacent to an activating group) is 1. The second kappa shape index (κ2) is 6.14. The summed E-state index contributed by atoms with van der Waals surface area (Å²) in [4.78, 5) is 13.4. The van der Waals surface area contributed by atoms with Crippen LogP contribution in [-0.2, 0) is 11.2 Å². The third kappa shape index (κ3) is 3.06. The first-order valence-electron chi connectivity index (χ1n) is 6.23. The van der Waals surface area contributed by atoms with Crippen molar-refractivity contribution in [2.45, 2.75) is 6.42 Å². The van der Waals surface area contributed by atoms with Crippen molar-refractivity contribution in [2.24, 2.45) is 0 Å². The Balaban J connectivity index is 2.27. The molecule has 0 atom stereocenters. The maximum absolute atomic E-state index is 13.6. The average molecular weight is 286 g/mol. The van der Waals surface area contributed by atoms with Crippen LogP contribution in [0.2, 0.25) is 0 Å². The molecule has 2 rings (SSSR count). The molecule has 1 amide bonds. The monoisotopic (exact) mass is 286 g/mol. The normalized spacial score (nSPS) is 10.0. The Kier molecular flexibility index (Phi) is 4.29. The van der Waals surface area contributed by atoms with E-state index in [1.54, 1.807) is 24.3 Å². The first-order valence-corrected chi connectivity index (χ1v) is 6.23. The molecule has 0 unspecified atom stereocenters. The number of nitriles is 1. The number of carbonyl (C=O) groups excluding carboxylic acids is 1. The minimum atomic E-state index is -0.759. The lowest BCUT2D eigenvalue weighted by atomic mass is 10.1. The Morgan fingerprint density at radius 2 is 1.76 bits per heavy atom. The van der Waals surface area contributed by atoms with Crippen LogP contribution in [0.4, 0.5) is 14.5 Å². The van der Waals surface area contributed by atoms with Crippen LogP contribution < -0.4 is 4.90 Å². The van der Waals surface area contributed by atoms with Crippen LogP contribution in [0.15, 0.2) is 42.5 Å². The topological polar surface area (TPSA) is 44.1 Å². The highest BCUT2D eigenvalue weighted by atomic mass is 19.1. The molecule has 0 saturated heterocycles. The summed E-state index contributed by atoms with van der Waals surface area (Å²) in [6.45, 7) is 0. The van der Waals surface area contributed by atoms with Gasteiger partial charge in [-0.05, 0) is 24.3 Å². The predicted molar refractivity (Wildman–Crippen MR) is 74.6 cm³/mol. The van der Waals surface area contributed by atoms with Crippen molar-refractivity contribution in [1.82, 2.24) is 0 Å². The maximum atomic E-state index is 13.6. The van der Waals surface area contributed by atoms with Crippen LogP contribution in [-0.4, -0.2) is 13.0 Å². The summed E-state index contributed by atoms with van der Waals surface area (Å²) in [6.07, 6.45) is -0.408. The zero-order valence-corrected chi connectivity index (χ0v) is 11.3. The standard InChI is InChI=1S/C16H12F2N2O/c1-20(15-8-3-2-5-11(15)10-19)16(21)9-12-13(17)6-4-7-14(12)18/h2-8H,9H2,1H3. The quantitative estimate of drug-likeness (QED) is 0.870. The summed E-state index contributed by atoms with van der Waals surface area (Å²) in [5.74, 6) is -2.02. The molecule has 2 aromatic rings. The first kappa shape index (κ1) is 14.7. The number of amides is 1. The second-order valence-electron chi connectivity index (χ2n) is 4.46. The second-order valence-corrected chi connectivity index (χ2v) is 4.46. The molecule has 0 aliphatic heterocycles. The van der Waals surface area contributed by atoms with E-state index >= 15 is 0 Å². The molecule has 3 nitrogen and oxygen atoms in total. The molecule has 106 valence electrons. The lowest BCUT2D eigenvalue weighted by molar-refractivity contribution is -0.117. The summed E-state index contributed by atoms with van der Waals surface area (Å²) in [6, 6.07) is 12.0. The zero-order chi connectivity index (χ0) is 15.4. The molecule has 0 spiro atoms. The van der Waals surface area contributed by atoms with Gasteiger partial charge in [-0.2, -0.15) is 5.26 Å². The number of hydrogen-bond donors (Lipinski definition) is 0. The summed E-state index contributed by atoms with van der Waals surface area (Å²) < 4.78 is 27.1. The highest BCUT2D eigenvalue weighted by molar-refractivity contribution is 5.95. The molecule has 0 bridgehead atoms. The molecule has 0 radical (unpaired) electrons. The maximum Gasteiger partial charge on any atom is 0.231 e. The van der Waals surface area contributed by atoms with E-state index in [9.17, 15) is 13.6 Å². The third-order valence-electron chi connectivity index (χ3n) is 3.15. The van der Waals surface area contributed by atoms with Gasteiger partial charge in [-0.3, -0.25) is 4.79 Å². The third-order valence-corrected chi connectivity index (χ3v) is 3.15. The van der Waals surface area contributed by atoms with Gasteiger partial charge < -0.3 is 4.90 Å². The SMILES string of the molecule is CN(C(=O)Cc1c(F)cccc1F)c1ccccc1C#N. The van der Waals surface area contributed by atoms with Gasteiger partial charge in [0.15, 0.2) is 0 Å². The number of nitrogens with zero attached hydrogens (tertiary/aromatic N) is 2. The van der Waals surface area contributed by atoms with Crippen molar-refractivity contribution in [1.29, 1.82) is 5.26 Å². The van der Waals surface area contributed by atoms with E-state index in [2.05, 4.69) is 0 Å². The fourth-order valence-corrected chi connectivity index (χ4v) is 1.97. The Hall–Kier alpha value is -2.74. The molecule has 0 aliphatic rings. The van der Waals surface area contributed by atoms with Crippen molar-refractivity contribution in [3.8, 4) is 6.07 Å². The largest absolute Gasteiger partial charge is 0.314 e. The molecule has 0 aliphatic carbocycles. The summed E-state index contributed by atoms with van der Waals surface area (Å²) >= 11 is 0. The zero-order valence-electron chi connectivity index (χ0n) is 11.3. The fourth-order valence-electron chi connectivity index (χ4n) is 1.97. The lowest BCUT2D eigenvalue weighted by Crippen LogP contribution is -2.29. The molecular formula is C16H12F2N2O. The summed E-state index contributed by atoms with van der Waals surface area (Å²) in [5.41, 5.74) is 0.452. The van der Waals surface area contributed by atoms with Gasteiger partial charge in [0.1, 0.15) is 17.7 Å². The lowest BCUT2D eigenvalue weighted by Gasteiger charge is -2.18. The number of halogens is 2. The van der Waals surface area contributed by atoms with Crippen molar-refractivity contribution >= 4 is 11.6 Å². The van der Waals surface area contributed by atoms with Crippen molar-refractivity contribution in [2.75, 3.05) is 11.9 Å². The molecule has 0 fully saturated rings. The van der Waals surface area contributed by atoms with Crippen LogP contribution in [0.5, 0.6) is 0 Å². The van der Waals surface area contributed by atoms with Gasteiger partial charge in [0.2, 0.25) is 5.91 Å². The molecule has 0 heterocycles. The summed E-state index contributed by atoms with van der Waals surface area (Å²) in [5, 5.41) is 9.02. The van der Waals surface area contributed by atoms with Crippen molar-refractivity contribution < 1.29 is 13.6 Å². The fraction of sp³-hybridized carbons (Fsp3) is 0.125. The van der Waals surface area contributed by atoms with Gasteiger partial charge in [0.25, 0.3) is 0 Å². The minimum absolute atomic E-state index is 0.274. The predicted octanol–water partition coefficient (Wildman–Crippen LogP) is 3.04. The van der Waals surface area contributed by atoms with E-state index in [-0.39, 0.29) is 5.56 Å². The molecular weight excluding hydrogens is 274 g/mol. The Bertz CT molecular complexity index is 702. The minimum Gasteiger partial charge on any atom is -0.314 e. The van der Waals surface area contributed by atoms with E-state index < -0.39 is 24.0 Å². The molecule has 2 aromatic carbocycles.